The van der Waals surface area contributed by atoms with Crippen molar-refractivity contribution in [3.05, 3.63) is 59.0 Å². The van der Waals surface area contributed by atoms with Gasteiger partial charge in [-0.1, -0.05) is 51.2 Å². The molecule has 1 heterocycles. The first kappa shape index (κ1) is 23.4. The van der Waals surface area contributed by atoms with Gasteiger partial charge in [0.05, 0.1) is 18.1 Å². The molecule has 2 aromatic carbocycles. The molecule has 170 valence electrons. The molecule has 1 aromatic heterocycles. The minimum atomic E-state index is -0.991. The third-order valence-corrected chi connectivity index (χ3v) is 5.52. The van der Waals surface area contributed by atoms with Crippen molar-refractivity contribution in [2.24, 2.45) is 0 Å². The van der Waals surface area contributed by atoms with Gasteiger partial charge >= 0.3 is 5.97 Å². The molecule has 0 aliphatic heterocycles. The van der Waals surface area contributed by atoms with Crippen LogP contribution in [0.5, 0.6) is 11.5 Å². The number of carboxylic acid groups (broad SMARTS) is 1. The fraction of sp³-hybridized carbons (Fsp3) is 0.385. The summed E-state index contributed by atoms with van der Waals surface area (Å²) in [5.41, 5.74) is 1.37. The molecule has 6 heteroatoms. The van der Waals surface area contributed by atoms with Crippen molar-refractivity contribution in [1.29, 1.82) is 0 Å². The van der Waals surface area contributed by atoms with Crippen LogP contribution in [-0.2, 0) is 4.79 Å². The van der Waals surface area contributed by atoms with Gasteiger partial charge in [-0.2, -0.15) is 0 Å². The zero-order valence-corrected chi connectivity index (χ0v) is 18.6. The molecule has 1 unspecified atom stereocenters. The van der Waals surface area contributed by atoms with Crippen molar-refractivity contribution in [2.75, 3.05) is 7.11 Å². The second-order valence-corrected chi connectivity index (χ2v) is 7.87. The zero-order valence-electron chi connectivity index (χ0n) is 18.6. The Morgan fingerprint density at radius 1 is 1.00 bits per heavy atom. The summed E-state index contributed by atoms with van der Waals surface area (Å²) in [4.78, 5) is 24.6. The average Bonchev–Trinajstić information content (AvgIpc) is 2.80. The Morgan fingerprint density at radius 3 is 2.38 bits per heavy atom. The van der Waals surface area contributed by atoms with E-state index in [-0.39, 0.29) is 5.43 Å². The van der Waals surface area contributed by atoms with Gasteiger partial charge in [0, 0.05) is 6.07 Å². The highest BCUT2D eigenvalue weighted by Gasteiger charge is 2.20. The highest BCUT2D eigenvalue weighted by molar-refractivity contribution is 5.83. The Balaban J connectivity index is 1.72. The number of unbranched alkanes of at least 4 members (excludes halogenated alkanes) is 5. The Labute approximate surface area is 187 Å². The van der Waals surface area contributed by atoms with E-state index in [1.54, 1.807) is 49.6 Å². The van der Waals surface area contributed by atoms with E-state index >= 15 is 0 Å². The van der Waals surface area contributed by atoms with Crippen molar-refractivity contribution in [2.45, 2.75) is 58.0 Å². The zero-order chi connectivity index (χ0) is 22.9. The summed E-state index contributed by atoms with van der Waals surface area (Å²) >= 11 is 0. The van der Waals surface area contributed by atoms with Crippen molar-refractivity contribution in [1.82, 2.24) is 0 Å². The van der Waals surface area contributed by atoms with Crippen LogP contribution in [-0.4, -0.2) is 24.3 Å². The molecule has 0 saturated heterocycles. The summed E-state index contributed by atoms with van der Waals surface area (Å²) < 4.78 is 16.6. The predicted octanol–water partition coefficient (Wildman–Crippen LogP) is 6.05. The van der Waals surface area contributed by atoms with Crippen molar-refractivity contribution in [3.63, 3.8) is 0 Å². The quantitative estimate of drug-likeness (QED) is 0.346. The first-order valence-electron chi connectivity index (χ1n) is 11.1. The van der Waals surface area contributed by atoms with Crippen LogP contribution < -0.4 is 14.9 Å². The van der Waals surface area contributed by atoms with E-state index in [1.165, 1.54) is 25.5 Å². The van der Waals surface area contributed by atoms with Gasteiger partial charge in [0.25, 0.3) is 0 Å². The lowest BCUT2D eigenvalue weighted by molar-refractivity contribution is -0.145. The molecule has 0 fully saturated rings. The minimum Gasteiger partial charge on any atom is -0.497 e. The van der Waals surface area contributed by atoms with Gasteiger partial charge in [-0.15, -0.1) is 0 Å². The molecule has 0 amide bonds. The Hall–Kier alpha value is -3.28. The first-order valence-corrected chi connectivity index (χ1v) is 11.1. The lowest BCUT2D eigenvalue weighted by atomic mass is 10.1. The Kier molecular flexibility index (Phi) is 8.31. The van der Waals surface area contributed by atoms with Crippen LogP contribution in [0.1, 0.15) is 51.9 Å². The number of benzene rings is 2. The predicted molar refractivity (Wildman–Crippen MR) is 125 cm³/mol. The number of hydrogen-bond acceptors (Lipinski definition) is 5. The van der Waals surface area contributed by atoms with Crippen LogP contribution >= 0.6 is 0 Å². The monoisotopic (exact) mass is 438 g/mol. The molecule has 6 nitrogen and oxygen atoms in total. The summed E-state index contributed by atoms with van der Waals surface area (Å²) in [6.07, 6.45) is 7.41. The van der Waals surface area contributed by atoms with Crippen LogP contribution in [0.15, 0.2) is 57.9 Å². The van der Waals surface area contributed by atoms with Crippen LogP contribution in [0.25, 0.3) is 22.1 Å². The smallest absolute Gasteiger partial charge is 0.344 e. The highest BCUT2D eigenvalue weighted by atomic mass is 16.5. The largest absolute Gasteiger partial charge is 0.497 e. The lowest BCUT2D eigenvalue weighted by Crippen LogP contribution is -2.26. The SMILES string of the molecule is CCCCCCCCC(Oc1ccc2c(=O)c(-c3ccc(OC)cc3)coc2c1)C(=O)O. The molecular formula is C26H30O6. The summed E-state index contributed by atoms with van der Waals surface area (Å²) in [5, 5.41) is 9.94. The molecule has 3 aromatic rings. The van der Waals surface area contributed by atoms with Gasteiger partial charge in [0.1, 0.15) is 23.3 Å². The third-order valence-electron chi connectivity index (χ3n) is 5.52. The van der Waals surface area contributed by atoms with Crippen LogP contribution in [0.4, 0.5) is 0 Å². The van der Waals surface area contributed by atoms with Gasteiger partial charge in [0.15, 0.2) is 11.5 Å². The number of hydrogen-bond donors (Lipinski definition) is 1. The van der Waals surface area contributed by atoms with E-state index in [0.717, 1.165) is 24.8 Å². The molecular weight excluding hydrogens is 408 g/mol. The topological polar surface area (TPSA) is 86.0 Å². The number of fused-ring (bicyclic) bond motifs is 1. The molecule has 32 heavy (non-hydrogen) atoms. The molecule has 1 N–H and O–H groups in total. The van der Waals surface area contributed by atoms with E-state index in [0.29, 0.717) is 34.5 Å². The van der Waals surface area contributed by atoms with E-state index < -0.39 is 12.1 Å². The molecule has 1 atom stereocenters. The standard InChI is InChI=1S/C26H30O6/c1-3-4-5-6-7-8-9-23(26(28)29)32-20-14-15-21-24(16-20)31-17-22(25(21)27)18-10-12-19(30-2)13-11-18/h10-17,23H,3-9H2,1-2H3,(H,28,29). The number of rotatable bonds is 12. The van der Waals surface area contributed by atoms with Crippen molar-refractivity contribution < 1.29 is 23.8 Å². The third kappa shape index (κ3) is 5.90. The van der Waals surface area contributed by atoms with E-state index in [4.69, 9.17) is 13.9 Å². The fourth-order valence-corrected chi connectivity index (χ4v) is 3.66. The molecule has 0 spiro atoms. The van der Waals surface area contributed by atoms with Gasteiger partial charge in [-0.25, -0.2) is 4.79 Å². The maximum atomic E-state index is 12.9. The number of carbonyl (C=O) groups is 1. The maximum absolute atomic E-state index is 12.9. The van der Waals surface area contributed by atoms with Crippen molar-refractivity contribution in [3.8, 4) is 22.6 Å². The second-order valence-electron chi connectivity index (χ2n) is 7.87. The van der Waals surface area contributed by atoms with Crippen LogP contribution in [0.3, 0.4) is 0 Å². The molecule has 0 aliphatic carbocycles. The fourth-order valence-electron chi connectivity index (χ4n) is 3.66. The summed E-state index contributed by atoms with van der Waals surface area (Å²) in [6, 6.07) is 12.0. The highest BCUT2D eigenvalue weighted by Crippen LogP contribution is 2.25. The number of ether oxygens (including phenoxy) is 2. The lowest BCUT2D eigenvalue weighted by Gasteiger charge is -2.15. The number of aliphatic carboxylic acids is 1. The number of carboxylic acids is 1. The molecule has 0 bridgehead atoms. The summed E-state index contributed by atoms with van der Waals surface area (Å²) in [5.74, 6) is 0.0841. The normalized spacial score (nSPS) is 11.9. The van der Waals surface area contributed by atoms with Crippen molar-refractivity contribution >= 4 is 16.9 Å². The van der Waals surface area contributed by atoms with Gasteiger partial charge in [-0.05, 0) is 42.7 Å². The average molecular weight is 439 g/mol. The van der Waals surface area contributed by atoms with Crippen LogP contribution in [0.2, 0.25) is 0 Å². The minimum absolute atomic E-state index is 0.162. The molecule has 0 saturated carbocycles. The van der Waals surface area contributed by atoms with E-state index in [9.17, 15) is 14.7 Å². The first-order chi connectivity index (χ1) is 15.5. The molecule has 0 radical (unpaired) electrons. The maximum Gasteiger partial charge on any atom is 0.344 e. The van der Waals surface area contributed by atoms with E-state index in [1.807, 2.05) is 0 Å². The second kappa shape index (κ2) is 11.4. The van der Waals surface area contributed by atoms with Gasteiger partial charge in [0.2, 0.25) is 0 Å². The molecule has 0 aliphatic rings. The van der Waals surface area contributed by atoms with Gasteiger partial charge in [-0.3, -0.25) is 4.79 Å². The molecule has 3 rings (SSSR count). The Morgan fingerprint density at radius 2 is 1.69 bits per heavy atom. The summed E-state index contributed by atoms with van der Waals surface area (Å²) in [6.45, 7) is 2.17. The summed E-state index contributed by atoms with van der Waals surface area (Å²) in [7, 11) is 1.58. The van der Waals surface area contributed by atoms with Crippen LogP contribution in [0, 0.1) is 0 Å². The van der Waals surface area contributed by atoms with E-state index in [2.05, 4.69) is 6.92 Å². The number of methoxy groups -OCH3 is 1. The Bertz CT molecular complexity index is 1080. The van der Waals surface area contributed by atoms with Gasteiger partial charge < -0.3 is 19.0 Å².